The van der Waals surface area contributed by atoms with Crippen molar-refractivity contribution in [1.29, 1.82) is 0 Å². The van der Waals surface area contributed by atoms with Crippen LogP contribution in [0.15, 0.2) is 60.9 Å². The maximum atomic E-state index is 5.85. The van der Waals surface area contributed by atoms with Crippen molar-refractivity contribution in [2.24, 2.45) is 0 Å². The second kappa shape index (κ2) is 5.36. The SMILES string of the molecule is Nc1cc(Nc2ccncc2)nc(-c2ccccc2)n1. The van der Waals surface area contributed by atoms with Gasteiger partial charge in [-0.05, 0) is 12.1 Å². The van der Waals surface area contributed by atoms with Crippen molar-refractivity contribution in [3.63, 3.8) is 0 Å². The van der Waals surface area contributed by atoms with E-state index in [1.807, 2.05) is 42.5 Å². The van der Waals surface area contributed by atoms with Gasteiger partial charge in [-0.15, -0.1) is 0 Å². The fourth-order valence-corrected chi connectivity index (χ4v) is 1.83. The van der Waals surface area contributed by atoms with E-state index in [4.69, 9.17) is 5.73 Å². The quantitative estimate of drug-likeness (QED) is 0.759. The molecule has 0 aliphatic heterocycles. The lowest BCUT2D eigenvalue weighted by Crippen LogP contribution is -2.00. The highest BCUT2D eigenvalue weighted by atomic mass is 15.1. The number of nitrogen functional groups attached to an aromatic ring is 1. The normalized spacial score (nSPS) is 10.2. The molecule has 0 fully saturated rings. The van der Waals surface area contributed by atoms with E-state index in [1.54, 1.807) is 18.5 Å². The van der Waals surface area contributed by atoms with E-state index in [1.165, 1.54) is 0 Å². The lowest BCUT2D eigenvalue weighted by atomic mass is 10.2. The molecule has 3 aromatic rings. The number of nitrogens with two attached hydrogens (primary N) is 1. The second-order valence-corrected chi connectivity index (χ2v) is 4.23. The minimum absolute atomic E-state index is 0.426. The number of rotatable bonds is 3. The number of nitrogens with zero attached hydrogens (tertiary/aromatic N) is 3. The van der Waals surface area contributed by atoms with Crippen molar-refractivity contribution in [1.82, 2.24) is 15.0 Å². The molecular formula is C15H13N5. The maximum Gasteiger partial charge on any atom is 0.163 e. The Balaban J connectivity index is 1.95. The highest BCUT2D eigenvalue weighted by Crippen LogP contribution is 2.20. The van der Waals surface area contributed by atoms with Gasteiger partial charge in [0.05, 0.1) is 0 Å². The summed E-state index contributed by atoms with van der Waals surface area (Å²) in [7, 11) is 0. The number of hydrogen-bond donors (Lipinski definition) is 2. The summed E-state index contributed by atoms with van der Waals surface area (Å²) in [5, 5.41) is 3.18. The van der Waals surface area contributed by atoms with Gasteiger partial charge in [-0.1, -0.05) is 30.3 Å². The monoisotopic (exact) mass is 263 g/mol. The number of hydrogen-bond acceptors (Lipinski definition) is 5. The first-order chi connectivity index (χ1) is 9.81. The van der Waals surface area contributed by atoms with Crippen LogP contribution in [0, 0.1) is 0 Å². The number of benzene rings is 1. The van der Waals surface area contributed by atoms with Gasteiger partial charge in [0.1, 0.15) is 11.6 Å². The van der Waals surface area contributed by atoms with E-state index in [-0.39, 0.29) is 0 Å². The average molecular weight is 263 g/mol. The molecule has 1 aromatic carbocycles. The fraction of sp³-hybridized carbons (Fsp3) is 0. The largest absolute Gasteiger partial charge is 0.384 e. The topological polar surface area (TPSA) is 76.7 Å². The third-order valence-electron chi connectivity index (χ3n) is 2.73. The van der Waals surface area contributed by atoms with Gasteiger partial charge in [0.25, 0.3) is 0 Å². The molecule has 2 aromatic heterocycles. The van der Waals surface area contributed by atoms with Crippen LogP contribution in [0.3, 0.4) is 0 Å². The van der Waals surface area contributed by atoms with E-state index in [2.05, 4.69) is 20.3 Å². The second-order valence-electron chi connectivity index (χ2n) is 4.23. The molecule has 0 aliphatic rings. The van der Waals surface area contributed by atoms with E-state index >= 15 is 0 Å². The van der Waals surface area contributed by atoms with E-state index < -0.39 is 0 Å². The van der Waals surface area contributed by atoms with Gasteiger partial charge in [-0.3, -0.25) is 4.98 Å². The number of aromatic nitrogens is 3. The summed E-state index contributed by atoms with van der Waals surface area (Å²) in [5.74, 6) is 1.68. The van der Waals surface area contributed by atoms with Gasteiger partial charge >= 0.3 is 0 Å². The Bertz CT molecular complexity index is 698. The highest BCUT2D eigenvalue weighted by molar-refractivity contribution is 5.63. The van der Waals surface area contributed by atoms with Crippen molar-refractivity contribution >= 4 is 17.3 Å². The standard InChI is InChI=1S/C15H13N5/c16-13-10-14(18-12-6-8-17-9-7-12)20-15(19-13)11-4-2-1-3-5-11/h1-10H,(H3,16,17,18,19,20). The molecule has 20 heavy (non-hydrogen) atoms. The molecule has 5 nitrogen and oxygen atoms in total. The van der Waals surface area contributed by atoms with Gasteiger partial charge in [0, 0.05) is 29.7 Å². The Morgan fingerprint density at radius 1 is 0.900 bits per heavy atom. The molecule has 0 spiro atoms. The van der Waals surface area contributed by atoms with E-state index in [0.717, 1.165) is 11.3 Å². The molecule has 0 aliphatic carbocycles. The molecule has 3 rings (SSSR count). The Labute approximate surface area is 116 Å². The summed E-state index contributed by atoms with van der Waals surface area (Å²) in [5.41, 5.74) is 7.68. The van der Waals surface area contributed by atoms with Crippen LogP contribution >= 0.6 is 0 Å². The van der Waals surface area contributed by atoms with Crippen molar-refractivity contribution in [2.75, 3.05) is 11.1 Å². The highest BCUT2D eigenvalue weighted by Gasteiger charge is 2.05. The Hall–Kier alpha value is -2.95. The van der Waals surface area contributed by atoms with Crippen LogP contribution in [0.1, 0.15) is 0 Å². The van der Waals surface area contributed by atoms with Crippen LogP contribution in [-0.2, 0) is 0 Å². The molecule has 0 amide bonds. The van der Waals surface area contributed by atoms with Gasteiger partial charge in [0.2, 0.25) is 0 Å². The lowest BCUT2D eigenvalue weighted by molar-refractivity contribution is 1.18. The molecule has 0 saturated heterocycles. The van der Waals surface area contributed by atoms with Gasteiger partial charge in [-0.25, -0.2) is 9.97 Å². The first kappa shape index (κ1) is 12.1. The zero-order chi connectivity index (χ0) is 13.8. The summed E-state index contributed by atoms with van der Waals surface area (Å²) >= 11 is 0. The molecule has 3 N–H and O–H groups in total. The summed E-state index contributed by atoms with van der Waals surface area (Å²) in [4.78, 5) is 12.7. The van der Waals surface area contributed by atoms with Gasteiger partial charge < -0.3 is 11.1 Å². The lowest BCUT2D eigenvalue weighted by Gasteiger charge is -2.08. The maximum absolute atomic E-state index is 5.85. The third-order valence-corrected chi connectivity index (χ3v) is 2.73. The smallest absolute Gasteiger partial charge is 0.163 e. The Kier molecular flexibility index (Phi) is 3.24. The number of nitrogens with one attached hydrogen (secondary N) is 1. The predicted molar refractivity (Wildman–Crippen MR) is 79.4 cm³/mol. The zero-order valence-corrected chi connectivity index (χ0v) is 10.7. The summed E-state index contributed by atoms with van der Waals surface area (Å²) in [6, 6.07) is 15.2. The minimum Gasteiger partial charge on any atom is -0.384 e. The van der Waals surface area contributed by atoms with Crippen molar-refractivity contribution < 1.29 is 0 Å². The van der Waals surface area contributed by atoms with Gasteiger partial charge in [0.15, 0.2) is 5.82 Å². The fourth-order valence-electron chi connectivity index (χ4n) is 1.83. The number of pyridine rings is 1. The van der Waals surface area contributed by atoms with Crippen LogP contribution < -0.4 is 11.1 Å². The van der Waals surface area contributed by atoms with Crippen LogP contribution in [0.5, 0.6) is 0 Å². The summed E-state index contributed by atoms with van der Waals surface area (Å²) in [6.07, 6.45) is 3.43. The Morgan fingerprint density at radius 3 is 2.40 bits per heavy atom. The summed E-state index contributed by atoms with van der Waals surface area (Å²) in [6.45, 7) is 0. The molecule has 0 bridgehead atoms. The van der Waals surface area contributed by atoms with Crippen LogP contribution in [0.2, 0.25) is 0 Å². The third kappa shape index (κ3) is 2.72. The van der Waals surface area contributed by atoms with E-state index in [9.17, 15) is 0 Å². The summed E-state index contributed by atoms with van der Waals surface area (Å²) < 4.78 is 0. The predicted octanol–water partition coefficient (Wildman–Crippen LogP) is 2.86. The molecular weight excluding hydrogens is 250 g/mol. The molecule has 0 unspecified atom stereocenters. The Morgan fingerprint density at radius 2 is 1.65 bits per heavy atom. The molecule has 5 heteroatoms. The van der Waals surface area contributed by atoms with Crippen molar-refractivity contribution in [2.45, 2.75) is 0 Å². The first-order valence-electron chi connectivity index (χ1n) is 6.18. The van der Waals surface area contributed by atoms with Crippen molar-refractivity contribution in [3.8, 4) is 11.4 Å². The first-order valence-corrected chi connectivity index (χ1v) is 6.18. The van der Waals surface area contributed by atoms with Crippen LogP contribution in [0.25, 0.3) is 11.4 Å². The minimum atomic E-state index is 0.426. The molecule has 2 heterocycles. The molecule has 98 valence electrons. The van der Waals surface area contributed by atoms with Crippen LogP contribution in [-0.4, -0.2) is 15.0 Å². The van der Waals surface area contributed by atoms with Gasteiger partial charge in [-0.2, -0.15) is 0 Å². The van der Waals surface area contributed by atoms with Crippen molar-refractivity contribution in [3.05, 3.63) is 60.9 Å². The zero-order valence-electron chi connectivity index (χ0n) is 10.7. The number of anilines is 3. The average Bonchev–Trinajstić information content (AvgIpc) is 2.49. The molecule has 0 atom stereocenters. The molecule has 0 radical (unpaired) electrons. The van der Waals surface area contributed by atoms with Crippen LogP contribution in [0.4, 0.5) is 17.3 Å². The van der Waals surface area contributed by atoms with E-state index in [0.29, 0.717) is 17.5 Å². The molecule has 0 saturated carbocycles.